The number of aryl methyl sites for hydroxylation is 1. The first kappa shape index (κ1) is 14.4. The molecule has 0 saturated carbocycles. The van der Waals surface area contributed by atoms with Crippen molar-refractivity contribution in [1.82, 2.24) is 0 Å². The van der Waals surface area contributed by atoms with Gasteiger partial charge in [0, 0.05) is 0 Å². The van der Waals surface area contributed by atoms with Crippen LogP contribution in [0.25, 0.3) is 0 Å². The molecule has 1 aromatic rings. The second kappa shape index (κ2) is 6.29. The van der Waals surface area contributed by atoms with Crippen LogP contribution in [0.1, 0.15) is 30.9 Å². The van der Waals surface area contributed by atoms with E-state index >= 15 is 0 Å². The standard InChI is InChI=1S/C12H18FO3P/c1-4-15-17(14,16-5-2)12(13)11-8-6-10(3)7-9-11/h6-9,12H,4-5H2,1-3H3. The topological polar surface area (TPSA) is 35.5 Å². The Kier molecular flexibility index (Phi) is 5.31. The minimum absolute atomic E-state index is 0.156. The van der Waals surface area contributed by atoms with Gasteiger partial charge in [-0.3, -0.25) is 4.57 Å². The average Bonchev–Trinajstić information content (AvgIpc) is 2.30. The summed E-state index contributed by atoms with van der Waals surface area (Å²) in [6.45, 7) is 5.54. The zero-order valence-corrected chi connectivity index (χ0v) is 11.2. The third-order valence-electron chi connectivity index (χ3n) is 2.25. The lowest BCUT2D eigenvalue weighted by Gasteiger charge is -2.20. The molecule has 96 valence electrons. The van der Waals surface area contributed by atoms with Crippen LogP contribution in [0.15, 0.2) is 24.3 Å². The maximum atomic E-state index is 14.2. The third-order valence-corrected chi connectivity index (χ3v) is 4.34. The summed E-state index contributed by atoms with van der Waals surface area (Å²) < 4.78 is 36.3. The van der Waals surface area contributed by atoms with Gasteiger partial charge >= 0.3 is 7.60 Å². The van der Waals surface area contributed by atoms with Crippen LogP contribution in [-0.2, 0) is 13.6 Å². The number of hydrogen-bond donors (Lipinski definition) is 0. The van der Waals surface area contributed by atoms with Crippen LogP contribution >= 0.6 is 7.60 Å². The summed E-state index contributed by atoms with van der Waals surface area (Å²) in [7, 11) is -3.71. The Balaban J connectivity index is 2.95. The van der Waals surface area contributed by atoms with Crippen LogP contribution < -0.4 is 0 Å². The van der Waals surface area contributed by atoms with Crippen LogP contribution in [-0.4, -0.2) is 13.2 Å². The highest BCUT2D eigenvalue weighted by Crippen LogP contribution is 2.61. The van der Waals surface area contributed by atoms with Gasteiger partial charge in [0.2, 0.25) is 5.91 Å². The minimum atomic E-state index is -3.71. The molecule has 0 aliphatic heterocycles. The molecule has 0 aliphatic carbocycles. The quantitative estimate of drug-likeness (QED) is 0.718. The van der Waals surface area contributed by atoms with Crippen molar-refractivity contribution in [3.63, 3.8) is 0 Å². The molecule has 1 unspecified atom stereocenters. The molecule has 0 radical (unpaired) electrons. The van der Waals surface area contributed by atoms with Gasteiger partial charge in [-0.25, -0.2) is 4.39 Å². The highest BCUT2D eigenvalue weighted by atomic mass is 31.2. The van der Waals surface area contributed by atoms with E-state index in [1.807, 2.05) is 6.92 Å². The van der Waals surface area contributed by atoms with Crippen LogP contribution in [0.4, 0.5) is 4.39 Å². The van der Waals surface area contributed by atoms with E-state index in [0.717, 1.165) is 5.56 Å². The zero-order valence-electron chi connectivity index (χ0n) is 10.4. The molecule has 1 atom stereocenters. The number of rotatable bonds is 6. The van der Waals surface area contributed by atoms with Gasteiger partial charge in [-0.1, -0.05) is 29.8 Å². The summed E-state index contributed by atoms with van der Waals surface area (Å²) in [6, 6.07) is 6.74. The van der Waals surface area contributed by atoms with E-state index in [4.69, 9.17) is 9.05 Å². The molecule has 0 bridgehead atoms. The van der Waals surface area contributed by atoms with E-state index in [-0.39, 0.29) is 13.2 Å². The van der Waals surface area contributed by atoms with Crippen molar-refractivity contribution in [2.45, 2.75) is 26.7 Å². The molecule has 0 heterocycles. The van der Waals surface area contributed by atoms with Crippen molar-refractivity contribution in [1.29, 1.82) is 0 Å². The molecular formula is C12H18FO3P. The lowest BCUT2D eigenvalue weighted by atomic mass is 10.2. The second-order valence-corrected chi connectivity index (χ2v) is 5.67. The number of halogens is 1. The molecule has 5 heteroatoms. The summed E-state index contributed by atoms with van der Waals surface area (Å²) in [5.41, 5.74) is 1.34. The molecule has 0 fully saturated rings. The molecule has 0 saturated heterocycles. The van der Waals surface area contributed by atoms with Crippen molar-refractivity contribution < 1.29 is 18.0 Å². The average molecular weight is 260 g/mol. The SMILES string of the molecule is CCOP(=O)(OCC)C(F)c1ccc(C)cc1. The van der Waals surface area contributed by atoms with Crippen LogP contribution in [0, 0.1) is 6.92 Å². The minimum Gasteiger partial charge on any atom is -0.307 e. The van der Waals surface area contributed by atoms with Gasteiger partial charge in [0.05, 0.1) is 13.2 Å². The monoisotopic (exact) mass is 260 g/mol. The molecule has 1 rings (SSSR count). The first-order valence-electron chi connectivity index (χ1n) is 5.63. The van der Waals surface area contributed by atoms with Crippen molar-refractivity contribution in [2.75, 3.05) is 13.2 Å². The fraction of sp³-hybridized carbons (Fsp3) is 0.500. The first-order valence-corrected chi connectivity index (χ1v) is 7.24. The fourth-order valence-electron chi connectivity index (χ4n) is 1.44. The normalized spacial score (nSPS) is 13.6. The molecule has 1 aromatic carbocycles. The lowest BCUT2D eigenvalue weighted by Crippen LogP contribution is -2.02. The molecule has 0 spiro atoms. The van der Waals surface area contributed by atoms with Crippen molar-refractivity contribution >= 4 is 7.60 Å². The van der Waals surface area contributed by atoms with E-state index < -0.39 is 13.5 Å². The summed E-state index contributed by atoms with van der Waals surface area (Å²) in [6.07, 6.45) is 0. The van der Waals surface area contributed by atoms with E-state index in [2.05, 4.69) is 0 Å². The predicted octanol–water partition coefficient (Wildman–Crippen LogP) is 4.23. The zero-order chi connectivity index (χ0) is 12.9. The number of alkyl halides is 1. The van der Waals surface area contributed by atoms with E-state index in [0.29, 0.717) is 5.56 Å². The Bertz CT molecular complexity index is 381. The first-order chi connectivity index (χ1) is 8.03. The molecule has 17 heavy (non-hydrogen) atoms. The van der Waals surface area contributed by atoms with Gasteiger partial charge in [-0.05, 0) is 26.3 Å². The molecule has 0 N–H and O–H groups in total. The molecule has 0 aliphatic rings. The van der Waals surface area contributed by atoms with Gasteiger partial charge in [-0.15, -0.1) is 0 Å². The maximum Gasteiger partial charge on any atom is 0.369 e. The Morgan fingerprint density at radius 3 is 2.06 bits per heavy atom. The van der Waals surface area contributed by atoms with Gasteiger partial charge in [-0.2, -0.15) is 0 Å². The van der Waals surface area contributed by atoms with Gasteiger partial charge in [0.1, 0.15) is 0 Å². The summed E-state index contributed by atoms with van der Waals surface area (Å²) >= 11 is 0. The Morgan fingerprint density at radius 1 is 1.18 bits per heavy atom. The number of hydrogen-bond acceptors (Lipinski definition) is 3. The molecule has 0 aromatic heterocycles. The predicted molar refractivity (Wildman–Crippen MR) is 65.9 cm³/mol. The third kappa shape index (κ3) is 3.63. The second-order valence-electron chi connectivity index (χ2n) is 3.62. The summed E-state index contributed by atoms with van der Waals surface area (Å²) in [5.74, 6) is -1.73. The lowest BCUT2D eigenvalue weighted by molar-refractivity contribution is 0.190. The Morgan fingerprint density at radius 2 is 1.65 bits per heavy atom. The molecule has 3 nitrogen and oxygen atoms in total. The summed E-state index contributed by atoms with van der Waals surface area (Å²) in [4.78, 5) is 0. The Labute approximate surface area is 101 Å². The molecular weight excluding hydrogens is 242 g/mol. The van der Waals surface area contributed by atoms with Crippen molar-refractivity contribution in [3.8, 4) is 0 Å². The summed E-state index contributed by atoms with van der Waals surface area (Å²) in [5, 5.41) is 0. The van der Waals surface area contributed by atoms with Gasteiger partial charge in [0.25, 0.3) is 0 Å². The van der Waals surface area contributed by atoms with E-state index in [1.54, 1.807) is 38.1 Å². The van der Waals surface area contributed by atoms with Gasteiger partial charge < -0.3 is 9.05 Å². The van der Waals surface area contributed by atoms with Crippen molar-refractivity contribution in [2.24, 2.45) is 0 Å². The maximum absolute atomic E-state index is 14.2. The molecule has 0 amide bonds. The van der Waals surface area contributed by atoms with E-state index in [9.17, 15) is 8.96 Å². The smallest absolute Gasteiger partial charge is 0.307 e. The van der Waals surface area contributed by atoms with Crippen LogP contribution in [0.5, 0.6) is 0 Å². The number of benzene rings is 1. The highest BCUT2D eigenvalue weighted by Gasteiger charge is 2.37. The van der Waals surface area contributed by atoms with Crippen LogP contribution in [0.3, 0.4) is 0 Å². The van der Waals surface area contributed by atoms with Crippen LogP contribution in [0.2, 0.25) is 0 Å². The Hall–Kier alpha value is -0.700. The largest absolute Gasteiger partial charge is 0.369 e. The van der Waals surface area contributed by atoms with Gasteiger partial charge in [0.15, 0.2) is 0 Å². The highest BCUT2D eigenvalue weighted by molar-refractivity contribution is 7.54. The van der Waals surface area contributed by atoms with E-state index in [1.165, 1.54) is 0 Å². The fourth-order valence-corrected chi connectivity index (χ4v) is 3.03. The van der Waals surface area contributed by atoms with Crippen molar-refractivity contribution in [3.05, 3.63) is 35.4 Å².